The standard InChI is InChI=1S/C14H20O3S/c1-10(15)11-4-6-13(7-5-11)18-9-12-8-16-14(2,3)17-12/h4-7,10,12,15H,8-9H2,1-3H3. The van der Waals surface area contributed by atoms with Crippen LogP contribution in [0.25, 0.3) is 0 Å². The van der Waals surface area contributed by atoms with E-state index in [2.05, 4.69) is 0 Å². The van der Waals surface area contributed by atoms with Gasteiger partial charge >= 0.3 is 0 Å². The number of hydrogen-bond acceptors (Lipinski definition) is 4. The van der Waals surface area contributed by atoms with Crippen LogP contribution < -0.4 is 0 Å². The molecule has 1 aliphatic rings. The molecule has 3 nitrogen and oxygen atoms in total. The smallest absolute Gasteiger partial charge is 0.163 e. The minimum absolute atomic E-state index is 0.154. The summed E-state index contributed by atoms with van der Waals surface area (Å²) in [5.74, 6) is 0.443. The van der Waals surface area contributed by atoms with Gasteiger partial charge in [0, 0.05) is 10.6 Å². The van der Waals surface area contributed by atoms with Crippen LogP contribution in [0.1, 0.15) is 32.4 Å². The second-order valence-electron chi connectivity index (χ2n) is 5.01. The summed E-state index contributed by atoms with van der Waals surface area (Å²) >= 11 is 1.75. The molecule has 0 spiro atoms. The number of ether oxygens (including phenoxy) is 2. The molecule has 0 amide bonds. The average molecular weight is 268 g/mol. The van der Waals surface area contributed by atoms with Gasteiger partial charge in [-0.1, -0.05) is 12.1 Å². The molecule has 1 aromatic rings. The molecule has 1 heterocycles. The third kappa shape index (κ3) is 3.72. The molecule has 0 saturated carbocycles. The van der Waals surface area contributed by atoms with Crippen molar-refractivity contribution in [3.05, 3.63) is 29.8 Å². The van der Waals surface area contributed by atoms with E-state index in [4.69, 9.17) is 9.47 Å². The van der Waals surface area contributed by atoms with Crippen LogP contribution in [0.2, 0.25) is 0 Å². The van der Waals surface area contributed by atoms with Gasteiger partial charge in [-0.15, -0.1) is 11.8 Å². The third-order valence-electron chi connectivity index (χ3n) is 2.87. The van der Waals surface area contributed by atoms with E-state index in [0.717, 1.165) is 11.3 Å². The lowest BCUT2D eigenvalue weighted by atomic mass is 10.1. The predicted molar refractivity (Wildman–Crippen MR) is 72.7 cm³/mol. The maximum Gasteiger partial charge on any atom is 0.163 e. The monoisotopic (exact) mass is 268 g/mol. The average Bonchev–Trinajstić information content (AvgIpc) is 2.67. The molecule has 0 aliphatic carbocycles. The number of thioether (sulfide) groups is 1. The molecule has 1 aromatic carbocycles. The molecule has 1 fully saturated rings. The molecule has 0 aromatic heterocycles. The number of rotatable bonds is 4. The molecule has 1 saturated heterocycles. The number of benzene rings is 1. The highest BCUT2D eigenvalue weighted by molar-refractivity contribution is 7.99. The van der Waals surface area contributed by atoms with Crippen LogP contribution in [0.15, 0.2) is 29.2 Å². The summed E-state index contributed by atoms with van der Waals surface area (Å²) in [5.41, 5.74) is 0.945. The molecule has 1 aliphatic heterocycles. The Balaban J connectivity index is 1.84. The third-order valence-corrected chi connectivity index (χ3v) is 4.01. The normalized spacial score (nSPS) is 24.1. The van der Waals surface area contributed by atoms with Gasteiger partial charge in [0.25, 0.3) is 0 Å². The van der Waals surface area contributed by atoms with Crippen molar-refractivity contribution in [3.8, 4) is 0 Å². The summed E-state index contributed by atoms with van der Waals surface area (Å²) < 4.78 is 11.3. The summed E-state index contributed by atoms with van der Waals surface area (Å²) in [6, 6.07) is 7.99. The molecule has 100 valence electrons. The molecule has 1 N–H and O–H groups in total. The zero-order chi connectivity index (χ0) is 13.2. The molecule has 18 heavy (non-hydrogen) atoms. The molecule has 0 radical (unpaired) electrons. The highest BCUT2D eigenvalue weighted by atomic mass is 32.2. The summed E-state index contributed by atoms with van der Waals surface area (Å²) in [7, 11) is 0. The van der Waals surface area contributed by atoms with E-state index in [9.17, 15) is 5.11 Å². The highest BCUT2D eigenvalue weighted by Gasteiger charge is 2.32. The second-order valence-corrected chi connectivity index (χ2v) is 6.10. The fourth-order valence-corrected chi connectivity index (χ4v) is 2.75. The first-order chi connectivity index (χ1) is 8.46. The summed E-state index contributed by atoms with van der Waals surface area (Å²) in [5, 5.41) is 9.43. The molecule has 2 rings (SSSR count). The summed E-state index contributed by atoms with van der Waals surface area (Å²) in [6.07, 6.45) is -0.252. The first-order valence-corrected chi connectivity index (χ1v) is 7.17. The zero-order valence-electron chi connectivity index (χ0n) is 11.1. The molecule has 2 atom stereocenters. The summed E-state index contributed by atoms with van der Waals surface area (Å²) in [4.78, 5) is 1.19. The van der Waals surface area contributed by atoms with Crippen molar-refractivity contribution in [2.45, 2.75) is 43.7 Å². The Kier molecular flexibility index (Phi) is 4.33. The lowest BCUT2D eigenvalue weighted by molar-refractivity contribution is -0.135. The van der Waals surface area contributed by atoms with Gasteiger partial charge in [-0.2, -0.15) is 0 Å². The Hall–Kier alpha value is -0.550. The van der Waals surface area contributed by atoms with Crippen LogP contribution in [0.3, 0.4) is 0 Å². The van der Waals surface area contributed by atoms with Gasteiger partial charge in [0.1, 0.15) is 0 Å². The Morgan fingerprint density at radius 1 is 1.39 bits per heavy atom. The SMILES string of the molecule is CC(O)c1ccc(SCC2COC(C)(C)O2)cc1. The first-order valence-electron chi connectivity index (χ1n) is 6.19. The van der Waals surface area contributed by atoms with E-state index in [0.29, 0.717) is 6.61 Å². The molecular weight excluding hydrogens is 248 g/mol. The van der Waals surface area contributed by atoms with Crippen molar-refractivity contribution in [2.75, 3.05) is 12.4 Å². The Labute approximate surface area is 112 Å². The Morgan fingerprint density at radius 2 is 2.06 bits per heavy atom. The fourth-order valence-electron chi connectivity index (χ4n) is 1.88. The number of hydrogen-bond donors (Lipinski definition) is 1. The van der Waals surface area contributed by atoms with Crippen LogP contribution >= 0.6 is 11.8 Å². The largest absolute Gasteiger partial charge is 0.389 e. The lowest BCUT2D eigenvalue weighted by Crippen LogP contribution is -2.22. The molecule has 0 bridgehead atoms. The van der Waals surface area contributed by atoms with E-state index < -0.39 is 11.9 Å². The molecule has 2 unspecified atom stereocenters. The predicted octanol–water partition coefficient (Wildman–Crippen LogP) is 2.98. The fraction of sp³-hybridized carbons (Fsp3) is 0.571. The van der Waals surface area contributed by atoms with E-state index >= 15 is 0 Å². The van der Waals surface area contributed by atoms with Crippen molar-refractivity contribution >= 4 is 11.8 Å². The van der Waals surface area contributed by atoms with Gasteiger partial charge in [0.05, 0.1) is 18.8 Å². The maximum atomic E-state index is 9.43. The van der Waals surface area contributed by atoms with Gasteiger partial charge in [-0.3, -0.25) is 0 Å². The first kappa shape index (κ1) is 13.9. The van der Waals surface area contributed by atoms with E-state index in [1.165, 1.54) is 4.90 Å². The zero-order valence-corrected chi connectivity index (χ0v) is 11.9. The van der Waals surface area contributed by atoms with E-state index in [-0.39, 0.29) is 6.10 Å². The summed E-state index contributed by atoms with van der Waals surface area (Å²) in [6.45, 7) is 6.31. The van der Waals surface area contributed by atoms with Crippen LogP contribution in [0.4, 0.5) is 0 Å². The molecular formula is C14H20O3S. The van der Waals surface area contributed by atoms with Crippen LogP contribution in [0, 0.1) is 0 Å². The van der Waals surface area contributed by atoms with Gasteiger partial charge in [-0.25, -0.2) is 0 Å². The quantitative estimate of drug-likeness (QED) is 0.852. The Bertz CT molecular complexity index is 387. The minimum Gasteiger partial charge on any atom is -0.389 e. The van der Waals surface area contributed by atoms with Gasteiger partial charge in [0.15, 0.2) is 5.79 Å². The van der Waals surface area contributed by atoms with Crippen molar-refractivity contribution in [1.82, 2.24) is 0 Å². The van der Waals surface area contributed by atoms with Gasteiger partial charge < -0.3 is 14.6 Å². The van der Waals surface area contributed by atoms with Crippen molar-refractivity contribution in [1.29, 1.82) is 0 Å². The van der Waals surface area contributed by atoms with Crippen molar-refractivity contribution in [2.24, 2.45) is 0 Å². The minimum atomic E-state index is -0.443. The number of aliphatic hydroxyl groups excluding tert-OH is 1. The maximum absolute atomic E-state index is 9.43. The van der Waals surface area contributed by atoms with Crippen molar-refractivity contribution in [3.63, 3.8) is 0 Å². The van der Waals surface area contributed by atoms with Crippen LogP contribution in [-0.2, 0) is 9.47 Å². The van der Waals surface area contributed by atoms with Crippen LogP contribution in [-0.4, -0.2) is 29.4 Å². The van der Waals surface area contributed by atoms with E-state index in [1.54, 1.807) is 18.7 Å². The van der Waals surface area contributed by atoms with Crippen molar-refractivity contribution < 1.29 is 14.6 Å². The van der Waals surface area contributed by atoms with Gasteiger partial charge in [-0.05, 0) is 38.5 Å². The molecule has 4 heteroatoms. The van der Waals surface area contributed by atoms with E-state index in [1.807, 2.05) is 38.1 Å². The topological polar surface area (TPSA) is 38.7 Å². The number of aliphatic hydroxyl groups is 1. The second kappa shape index (κ2) is 5.61. The Morgan fingerprint density at radius 3 is 2.56 bits per heavy atom. The van der Waals surface area contributed by atoms with Gasteiger partial charge in [0.2, 0.25) is 0 Å². The van der Waals surface area contributed by atoms with Crippen LogP contribution in [0.5, 0.6) is 0 Å². The lowest BCUT2D eigenvalue weighted by Gasteiger charge is -2.16. The highest BCUT2D eigenvalue weighted by Crippen LogP contribution is 2.28.